The van der Waals surface area contributed by atoms with Crippen molar-refractivity contribution in [2.45, 2.75) is 19.3 Å². The van der Waals surface area contributed by atoms with Crippen LogP contribution >= 0.6 is 0 Å². The van der Waals surface area contributed by atoms with E-state index < -0.39 is 0 Å². The van der Waals surface area contributed by atoms with E-state index in [0.29, 0.717) is 11.2 Å². The number of likely N-dealkylation sites (tertiary alicyclic amines) is 2. The molecule has 0 aliphatic carbocycles. The molecule has 5 rings (SSSR count). The molecule has 0 unspecified atom stereocenters. The second-order valence-corrected chi connectivity index (χ2v) is 8.24. The Balaban J connectivity index is 1.34. The second-order valence-electron chi connectivity index (χ2n) is 8.24. The van der Waals surface area contributed by atoms with Crippen LogP contribution in [0.3, 0.4) is 0 Å². The van der Waals surface area contributed by atoms with Gasteiger partial charge in [-0.25, -0.2) is 9.50 Å². The standard InChI is InChI=1S/C21H24N6O/c1-25-10-8-21(13-25)7-2-9-26(14-21)19(28)17-5-3-16(4-6-17)18-11-22-20-23-15-24-27(20)12-18/h3-6,11-12,15H,2,7-10,13-14H2,1H3/t21-/m0/s1. The van der Waals surface area contributed by atoms with E-state index in [0.717, 1.165) is 49.3 Å². The van der Waals surface area contributed by atoms with Crippen molar-refractivity contribution in [1.82, 2.24) is 29.4 Å². The molecule has 2 aliphatic rings. The Morgan fingerprint density at radius 1 is 1.04 bits per heavy atom. The van der Waals surface area contributed by atoms with E-state index in [2.05, 4.69) is 31.9 Å². The molecule has 4 heterocycles. The van der Waals surface area contributed by atoms with Crippen LogP contribution in [0.5, 0.6) is 0 Å². The van der Waals surface area contributed by atoms with Gasteiger partial charge in [0.15, 0.2) is 0 Å². The summed E-state index contributed by atoms with van der Waals surface area (Å²) in [5.41, 5.74) is 3.00. The van der Waals surface area contributed by atoms with E-state index in [1.807, 2.05) is 30.5 Å². The van der Waals surface area contributed by atoms with Gasteiger partial charge in [-0.1, -0.05) is 12.1 Å². The predicted molar refractivity (Wildman–Crippen MR) is 106 cm³/mol. The van der Waals surface area contributed by atoms with Crippen LogP contribution in [-0.2, 0) is 0 Å². The fourth-order valence-electron chi connectivity index (χ4n) is 4.73. The van der Waals surface area contributed by atoms with Crippen molar-refractivity contribution in [3.8, 4) is 11.1 Å². The molecular weight excluding hydrogens is 352 g/mol. The Hall–Kier alpha value is -2.80. The van der Waals surface area contributed by atoms with Crippen molar-refractivity contribution in [3.05, 3.63) is 48.5 Å². The number of benzene rings is 1. The average Bonchev–Trinajstić information content (AvgIpc) is 3.33. The molecule has 7 heteroatoms. The molecule has 1 aromatic carbocycles. The Bertz CT molecular complexity index is 1010. The van der Waals surface area contributed by atoms with Crippen LogP contribution in [0, 0.1) is 5.41 Å². The van der Waals surface area contributed by atoms with Gasteiger partial charge in [-0.2, -0.15) is 10.1 Å². The number of carbonyl (C=O) groups excluding carboxylic acids is 1. The van der Waals surface area contributed by atoms with Crippen LogP contribution in [-0.4, -0.2) is 68.5 Å². The molecule has 1 spiro atoms. The second kappa shape index (κ2) is 6.67. The SMILES string of the molecule is CN1CC[C@@]2(CCCN(C(=O)c3ccc(-c4cnc5ncnn5c4)cc3)C2)C1. The third-order valence-electron chi connectivity index (χ3n) is 6.18. The molecule has 3 aromatic rings. The van der Waals surface area contributed by atoms with Crippen molar-refractivity contribution < 1.29 is 4.79 Å². The molecule has 2 saturated heterocycles. The highest BCUT2D eigenvalue weighted by Gasteiger charge is 2.41. The quantitative estimate of drug-likeness (QED) is 0.687. The molecule has 7 nitrogen and oxygen atoms in total. The van der Waals surface area contributed by atoms with Crippen molar-refractivity contribution >= 4 is 11.7 Å². The summed E-state index contributed by atoms with van der Waals surface area (Å²) in [5, 5.41) is 4.13. The monoisotopic (exact) mass is 376 g/mol. The first-order valence-electron chi connectivity index (χ1n) is 9.86. The van der Waals surface area contributed by atoms with Gasteiger partial charge in [0.2, 0.25) is 0 Å². The average molecular weight is 376 g/mol. The highest BCUT2D eigenvalue weighted by atomic mass is 16.2. The number of rotatable bonds is 2. The minimum absolute atomic E-state index is 0.144. The van der Waals surface area contributed by atoms with E-state index in [-0.39, 0.29) is 5.91 Å². The molecule has 2 aliphatic heterocycles. The summed E-state index contributed by atoms with van der Waals surface area (Å²) < 4.78 is 1.65. The number of hydrogen-bond acceptors (Lipinski definition) is 5. The van der Waals surface area contributed by atoms with E-state index >= 15 is 0 Å². The maximum Gasteiger partial charge on any atom is 0.253 e. The summed E-state index contributed by atoms with van der Waals surface area (Å²) in [6.07, 6.45) is 8.70. The number of aromatic nitrogens is 4. The molecule has 2 fully saturated rings. The smallest absolute Gasteiger partial charge is 0.253 e. The maximum absolute atomic E-state index is 13.1. The summed E-state index contributed by atoms with van der Waals surface area (Å²) in [7, 11) is 2.18. The normalized spacial score (nSPS) is 23.0. The van der Waals surface area contributed by atoms with Crippen molar-refractivity contribution in [3.63, 3.8) is 0 Å². The zero-order chi connectivity index (χ0) is 19.1. The summed E-state index contributed by atoms with van der Waals surface area (Å²) in [4.78, 5) is 25.9. The van der Waals surface area contributed by atoms with E-state index in [1.54, 1.807) is 10.7 Å². The van der Waals surface area contributed by atoms with Gasteiger partial charge in [-0.05, 0) is 50.6 Å². The lowest BCUT2D eigenvalue weighted by molar-refractivity contribution is 0.0534. The zero-order valence-electron chi connectivity index (χ0n) is 16.1. The third kappa shape index (κ3) is 3.05. The van der Waals surface area contributed by atoms with Gasteiger partial charge in [0.25, 0.3) is 11.7 Å². The highest BCUT2D eigenvalue weighted by Crippen LogP contribution is 2.38. The minimum Gasteiger partial charge on any atom is -0.338 e. The van der Waals surface area contributed by atoms with Crippen molar-refractivity contribution in [1.29, 1.82) is 0 Å². The van der Waals surface area contributed by atoms with E-state index in [1.165, 1.54) is 19.2 Å². The van der Waals surface area contributed by atoms with E-state index in [9.17, 15) is 4.79 Å². The molecule has 0 bridgehead atoms. The maximum atomic E-state index is 13.1. The number of hydrogen-bond donors (Lipinski definition) is 0. The predicted octanol–water partition coefficient (Wildman–Crippen LogP) is 2.35. The molecule has 28 heavy (non-hydrogen) atoms. The Morgan fingerprint density at radius 2 is 1.89 bits per heavy atom. The summed E-state index contributed by atoms with van der Waals surface area (Å²) in [6.45, 7) is 3.98. The van der Waals surface area contributed by atoms with Crippen LogP contribution in [0.2, 0.25) is 0 Å². The van der Waals surface area contributed by atoms with Crippen LogP contribution in [0.15, 0.2) is 43.0 Å². The molecule has 2 aromatic heterocycles. The Labute approximate surface area is 164 Å². The molecule has 144 valence electrons. The first-order valence-corrected chi connectivity index (χ1v) is 9.86. The number of nitrogens with zero attached hydrogens (tertiary/aromatic N) is 6. The zero-order valence-corrected chi connectivity index (χ0v) is 16.1. The first kappa shape index (κ1) is 17.3. The lowest BCUT2D eigenvalue weighted by Crippen LogP contribution is -2.47. The molecule has 0 saturated carbocycles. The fourth-order valence-corrected chi connectivity index (χ4v) is 4.73. The summed E-state index contributed by atoms with van der Waals surface area (Å²) >= 11 is 0. The van der Waals surface area contributed by atoms with Crippen LogP contribution < -0.4 is 0 Å². The molecule has 1 amide bonds. The van der Waals surface area contributed by atoms with Gasteiger partial charge in [-0.15, -0.1) is 0 Å². The summed E-state index contributed by atoms with van der Waals surface area (Å²) in [5.74, 6) is 0.720. The number of amides is 1. The summed E-state index contributed by atoms with van der Waals surface area (Å²) in [6, 6.07) is 7.81. The van der Waals surface area contributed by atoms with Gasteiger partial charge in [0.05, 0.1) is 0 Å². The third-order valence-corrected chi connectivity index (χ3v) is 6.18. The Morgan fingerprint density at radius 3 is 2.68 bits per heavy atom. The van der Waals surface area contributed by atoms with Crippen molar-refractivity contribution in [2.75, 3.05) is 33.2 Å². The number of piperidine rings is 1. The van der Waals surface area contributed by atoms with Gasteiger partial charge in [0, 0.05) is 48.6 Å². The van der Waals surface area contributed by atoms with Gasteiger partial charge in [0.1, 0.15) is 6.33 Å². The molecule has 0 radical (unpaired) electrons. The van der Waals surface area contributed by atoms with Gasteiger partial charge < -0.3 is 9.80 Å². The van der Waals surface area contributed by atoms with E-state index in [4.69, 9.17) is 0 Å². The molecule has 1 atom stereocenters. The largest absolute Gasteiger partial charge is 0.338 e. The minimum atomic E-state index is 0.144. The van der Waals surface area contributed by atoms with Crippen LogP contribution in [0.1, 0.15) is 29.6 Å². The fraction of sp³-hybridized carbons (Fsp3) is 0.429. The topological polar surface area (TPSA) is 66.6 Å². The first-order chi connectivity index (χ1) is 13.6. The molecule has 0 N–H and O–H groups in total. The van der Waals surface area contributed by atoms with Crippen LogP contribution in [0.25, 0.3) is 16.9 Å². The lowest BCUT2D eigenvalue weighted by Gasteiger charge is -2.40. The molecular formula is C21H24N6O. The Kier molecular flexibility index (Phi) is 4.12. The number of carbonyl (C=O) groups is 1. The number of fused-ring (bicyclic) bond motifs is 1. The van der Waals surface area contributed by atoms with Crippen LogP contribution in [0.4, 0.5) is 0 Å². The van der Waals surface area contributed by atoms with Crippen molar-refractivity contribution in [2.24, 2.45) is 5.41 Å². The van der Waals surface area contributed by atoms with Gasteiger partial charge in [-0.3, -0.25) is 4.79 Å². The van der Waals surface area contributed by atoms with Gasteiger partial charge >= 0.3 is 0 Å². The highest BCUT2D eigenvalue weighted by molar-refractivity contribution is 5.94. The lowest BCUT2D eigenvalue weighted by atomic mass is 9.79.